The first-order valence-electron chi connectivity index (χ1n) is 6.08. The van der Waals surface area contributed by atoms with E-state index in [2.05, 4.69) is 11.9 Å². The number of hydrogen-bond acceptors (Lipinski definition) is 3. The molecule has 0 amide bonds. The van der Waals surface area contributed by atoms with Crippen LogP contribution in [0.1, 0.15) is 23.2 Å². The molecule has 1 aliphatic rings. The summed E-state index contributed by atoms with van der Waals surface area (Å²) < 4.78 is 0. The van der Waals surface area contributed by atoms with Crippen LogP contribution in [0.4, 0.5) is 0 Å². The van der Waals surface area contributed by atoms with Crippen molar-refractivity contribution in [2.75, 3.05) is 26.4 Å². The molecular weight excluding hydrogens is 230 g/mol. The number of nitrogens with zero attached hydrogens (tertiary/aromatic N) is 1. The van der Waals surface area contributed by atoms with Gasteiger partial charge in [0.1, 0.15) is 0 Å². The predicted molar refractivity (Wildman–Crippen MR) is 72.8 cm³/mol. The number of carbonyl (C=O) groups is 1. The summed E-state index contributed by atoms with van der Waals surface area (Å²) in [6, 6.07) is 7.95. The van der Waals surface area contributed by atoms with Crippen LogP contribution in [0, 0.1) is 5.92 Å². The molecule has 1 aromatic rings. The Morgan fingerprint density at radius 3 is 2.88 bits per heavy atom. The molecule has 2 rings (SSSR count). The lowest BCUT2D eigenvalue weighted by Gasteiger charge is -2.29. The molecular formula is C14H19NOS. The number of hydrogen-bond donors (Lipinski definition) is 0. The Morgan fingerprint density at radius 1 is 1.41 bits per heavy atom. The highest BCUT2D eigenvalue weighted by molar-refractivity contribution is 7.98. The minimum absolute atomic E-state index is 0.182. The van der Waals surface area contributed by atoms with Gasteiger partial charge in [-0.3, -0.25) is 4.79 Å². The second kappa shape index (κ2) is 5.69. The van der Waals surface area contributed by atoms with Gasteiger partial charge in [0, 0.05) is 22.9 Å². The van der Waals surface area contributed by atoms with Crippen LogP contribution in [0.25, 0.3) is 0 Å². The van der Waals surface area contributed by atoms with Crippen molar-refractivity contribution < 1.29 is 4.79 Å². The number of likely N-dealkylation sites (tertiary alicyclic amines) is 1. The zero-order valence-electron chi connectivity index (χ0n) is 10.5. The quantitative estimate of drug-likeness (QED) is 0.607. The molecule has 0 spiro atoms. The van der Waals surface area contributed by atoms with Crippen molar-refractivity contribution in [3.63, 3.8) is 0 Å². The van der Waals surface area contributed by atoms with Crippen molar-refractivity contribution in [3.8, 4) is 0 Å². The van der Waals surface area contributed by atoms with Gasteiger partial charge in [-0.2, -0.15) is 0 Å². The molecule has 1 fully saturated rings. The number of rotatable bonds is 3. The Balaban J connectivity index is 2.18. The fourth-order valence-electron chi connectivity index (χ4n) is 2.45. The van der Waals surface area contributed by atoms with Gasteiger partial charge in [0.2, 0.25) is 0 Å². The van der Waals surface area contributed by atoms with Crippen molar-refractivity contribution in [1.82, 2.24) is 4.90 Å². The van der Waals surface area contributed by atoms with Gasteiger partial charge in [0.05, 0.1) is 0 Å². The van der Waals surface area contributed by atoms with E-state index in [0.717, 1.165) is 36.4 Å². The summed E-state index contributed by atoms with van der Waals surface area (Å²) in [5.41, 5.74) is 0.903. The smallest absolute Gasteiger partial charge is 0.168 e. The van der Waals surface area contributed by atoms with Crippen LogP contribution >= 0.6 is 11.8 Å². The largest absolute Gasteiger partial charge is 0.306 e. The lowest BCUT2D eigenvalue weighted by molar-refractivity contribution is 0.0840. The standard InChI is InChI=1S/C14H19NOS/c1-15-9-5-6-11(10-15)14(16)12-7-3-4-8-13(12)17-2/h3-4,7-8,11H,5-6,9-10H2,1-2H3. The molecule has 0 saturated carbocycles. The molecule has 0 radical (unpaired) electrons. The first-order chi connectivity index (χ1) is 8.22. The maximum atomic E-state index is 12.5. The minimum atomic E-state index is 0.182. The van der Waals surface area contributed by atoms with Crippen LogP contribution in [0.3, 0.4) is 0 Å². The molecule has 1 heterocycles. The fourth-order valence-corrected chi connectivity index (χ4v) is 3.05. The van der Waals surface area contributed by atoms with Crippen LogP contribution in [-0.4, -0.2) is 37.1 Å². The van der Waals surface area contributed by atoms with Crippen LogP contribution in [0.5, 0.6) is 0 Å². The van der Waals surface area contributed by atoms with Crippen LogP contribution in [0.15, 0.2) is 29.2 Å². The van der Waals surface area contributed by atoms with E-state index >= 15 is 0 Å². The number of Topliss-reactive ketones (excluding diaryl/α,β-unsaturated/α-hetero) is 1. The fraction of sp³-hybridized carbons (Fsp3) is 0.500. The molecule has 92 valence electrons. The van der Waals surface area contributed by atoms with Gasteiger partial charge in [-0.05, 0) is 38.8 Å². The van der Waals surface area contributed by atoms with Gasteiger partial charge in [-0.15, -0.1) is 11.8 Å². The second-order valence-electron chi connectivity index (χ2n) is 4.67. The number of carbonyl (C=O) groups excluding carboxylic acids is 1. The summed E-state index contributed by atoms with van der Waals surface area (Å²) in [5.74, 6) is 0.503. The third-order valence-electron chi connectivity index (χ3n) is 3.37. The third-order valence-corrected chi connectivity index (χ3v) is 4.16. The summed E-state index contributed by atoms with van der Waals surface area (Å²) in [6.45, 7) is 2.02. The molecule has 2 nitrogen and oxygen atoms in total. The Bertz CT molecular complexity index is 405. The molecule has 1 saturated heterocycles. The van der Waals surface area contributed by atoms with Crippen LogP contribution in [0.2, 0.25) is 0 Å². The summed E-state index contributed by atoms with van der Waals surface area (Å²) in [4.78, 5) is 15.8. The number of piperidine rings is 1. The van der Waals surface area contributed by atoms with E-state index in [4.69, 9.17) is 0 Å². The average Bonchev–Trinajstić information content (AvgIpc) is 2.38. The Hall–Kier alpha value is -0.800. The molecule has 0 aliphatic carbocycles. The maximum Gasteiger partial charge on any atom is 0.168 e. The lowest BCUT2D eigenvalue weighted by atomic mass is 9.90. The third kappa shape index (κ3) is 2.90. The highest BCUT2D eigenvalue weighted by Gasteiger charge is 2.25. The predicted octanol–water partition coefficient (Wildman–Crippen LogP) is 2.93. The normalized spacial score (nSPS) is 21.4. The van der Waals surface area contributed by atoms with Gasteiger partial charge in [-0.25, -0.2) is 0 Å². The Kier molecular flexibility index (Phi) is 4.24. The van der Waals surface area contributed by atoms with E-state index in [-0.39, 0.29) is 5.92 Å². The van der Waals surface area contributed by atoms with Crippen LogP contribution < -0.4 is 0 Å². The van der Waals surface area contributed by atoms with Crippen molar-refractivity contribution in [2.24, 2.45) is 5.92 Å². The Morgan fingerprint density at radius 2 is 2.18 bits per heavy atom. The highest BCUT2D eigenvalue weighted by Crippen LogP contribution is 2.26. The van der Waals surface area contributed by atoms with Gasteiger partial charge in [-0.1, -0.05) is 18.2 Å². The number of benzene rings is 1. The van der Waals surface area contributed by atoms with E-state index < -0.39 is 0 Å². The average molecular weight is 249 g/mol. The van der Waals surface area contributed by atoms with Gasteiger partial charge >= 0.3 is 0 Å². The van der Waals surface area contributed by atoms with Crippen molar-refractivity contribution in [1.29, 1.82) is 0 Å². The number of ketones is 1. The molecule has 1 aromatic carbocycles. The van der Waals surface area contributed by atoms with E-state index in [1.165, 1.54) is 0 Å². The molecule has 3 heteroatoms. The molecule has 0 N–H and O–H groups in total. The van der Waals surface area contributed by atoms with Gasteiger partial charge in [0.25, 0.3) is 0 Å². The van der Waals surface area contributed by atoms with E-state index in [9.17, 15) is 4.79 Å². The lowest BCUT2D eigenvalue weighted by Crippen LogP contribution is -2.36. The molecule has 1 unspecified atom stereocenters. The topological polar surface area (TPSA) is 20.3 Å². The SMILES string of the molecule is CSc1ccccc1C(=O)C1CCCN(C)C1. The van der Waals surface area contributed by atoms with Crippen molar-refractivity contribution >= 4 is 17.5 Å². The highest BCUT2D eigenvalue weighted by atomic mass is 32.2. The van der Waals surface area contributed by atoms with Gasteiger partial charge < -0.3 is 4.90 Å². The minimum Gasteiger partial charge on any atom is -0.306 e. The zero-order chi connectivity index (χ0) is 12.3. The molecule has 0 aromatic heterocycles. The van der Waals surface area contributed by atoms with Crippen LogP contribution in [-0.2, 0) is 0 Å². The van der Waals surface area contributed by atoms with Gasteiger partial charge in [0.15, 0.2) is 5.78 Å². The summed E-state index contributed by atoms with van der Waals surface area (Å²) in [5, 5.41) is 0. The molecule has 0 bridgehead atoms. The summed E-state index contributed by atoms with van der Waals surface area (Å²) in [6.07, 6.45) is 4.19. The van der Waals surface area contributed by atoms with Crippen molar-refractivity contribution in [2.45, 2.75) is 17.7 Å². The monoisotopic (exact) mass is 249 g/mol. The molecule has 17 heavy (non-hydrogen) atoms. The first-order valence-corrected chi connectivity index (χ1v) is 7.30. The van der Waals surface area contributed by atoms with Crippen molar-refractivity contribution in [3.05, 3.63) is 29.8 Å². The van der Waals surface area contributed by atoms with E-state index in [1.807, 2.05) is 30.5 Å². The molecule has 1 atom stereocenters. The zero-order valence-corrected chi connectivity index (χ0v) is 11.3. The summed E-state index contributed by atoms with van der Waals surface area (Å²) >= 11 is 1.65. The maximum absolute atomic E-state index is 12.5. The number of thioether (sulfide) groups is 1. The Labute approximate surface area is 107 Å². The van der Waals surface area contributed by atoms with E-state index in [0.29, 0.717) is 5.78 Å². The first kappa shape index (κ1) is 12.7. The molecule has 1 aliphatic heterocycles. The van der Waals surface area contributed by atoms with E-state index in [1.54, 1.807) is 11.8 Å². The second-order valence-corrected chi connectivity index (χ2v) is 5.51. The summed E-state index contributed by atoms with van der Waals surface area (Å²) in [7, 11) is 2.10.